The van der Waals surface area contributed by atoms with Gasteiger partial charge in [0.05, 0.1) is 62.2 Å². The molecule has 1 unspecified atom stereocenters. The molecule has 11 heteroatoms. The van der Waals surface area contributed by atoms with Gasteiger partial charge in [0.1, 0.15) is 17.2 Å². The summed E-state index contributed by atoms with van der Waals surface area (Å²) in [5.41, 5.74) is 1.10. The van der Waals surface area contributed by atoms with Crippen LogP contribution in [-0.2, 0) is 23.7 Å². The van der Waals surface area contributed by atoms with Crippen molar-refractivity contribution in [2.45, 2.75) is 59.3 Å². The Labute approximate surface area is 299 Å². The van der Waals surface area contributed by atoms with Crippen LogP contribution in [0.1, 0.15) is 90.4 Å². The minimum absolute atomic E-state index is 0.0919. The van der Waals surface area contributed by atoms with Crippen LogP contribution in [0.25, 0.3) is 0 Å². The Morgan fingerprint density at radius 2 is 1.10 bits per heavy atom. The molecule has 51 heavy (non-hydrogen) atoms. The number of ether oxygens (including phenoxy) is 7. The van der Waals surface area contributed by atoms with Crippen LogP contribution >= 0.6 is 0 Å². The Kier molecular flexibility index (Phi) is 15.5. The van der Waals surface area contributed by atoms with Crippen LogP contribution < -0.4 is 14.2 Å². The largest absolute Gasteiger partial charge is 0.494 e. The van der Waals surface area contributed by atoms with E-state index in [1.165, 1.54) is 48.5 Å². The van der Waals surface area contributed by atoms with Gasteiger partial charge in [0, 0.05) is 12.0 Å². The first-order chi connectivity index (χ1) is 24.7. The number of carbonyl (C=O) groups excluding carboxylic acids is 4. The van der Waals surface area contributed by atoms with E-state index in [2.05, 4.69) is 6.92 Å². The molecule has 0 bridgehead atoms. The zero-order valence-electron chi connectivity index (χ0n) is 29.7. The van der Waals surface area contributed by atoms with Crippen LogP contribution in [0.3, 0.4) is 0 Å². The third-order valence-corrected chi connectivity index (χ3v) is 8.65. The van der Waals surface area contributed by atoms with E-state index in [-0.39, 0.29) is 41.0 Å². The van der Waals surface area contributed by atoms with E-state index in [0.29, 0.717) is 56.1 Å². The lowest BCUT2D eigenvalue weighted by atomic mass is 9.84. The van der Waals surface area contributed by atoms with Crippen LogP contribution in [0.4, 0.5) is 0 Å². The lowest BCUT2D eigenvalue weighted by Gasteiger charge is -2.40. The van der Waals surface area contributed by atoms with Crippen molar-refractivity contribution in [1.82, 2.24) is 0 Å². The molecule has 1 aliphatic rings. The normalized spacial score (nSPS) is 13.7. The summed E-state index contributed by atoms with van der Waals surface area (Å²) in [5.74, 6) is -0.765. The zero-order chi connectivity index (χ0) is 36.5. The molecule has 0 aliphatic carbocycles. The van der Waals surface area contributed by atoms with E-state index >= 15 is 0 Å². The van der Waals surface area contributed by atoms with Crippen molar-refractivity contribution in [1.29, 1.82) is 0 Å². The maximum Gasteiger partial charge on any atom is 0.343 e. The first-order valence-corrected chi connectivity index (χ1v) is 17.6. The SMILES string of the molecule is CCC(C)C(=O)OCCCCOc1ccc(C(=O)Oc2ccc(C(=O)Oc3ccc(C(=O)OCCCCOCC4(CC)COC4)cc3)cc2)cc1. The van der Waals surface area contributed by atoms with Gasteiger partial charge in [0.2, 0.25) is 0 Å². The molecule has 11 nitrogen and oxygen atoms in total. The second-order valence-corrected chi connectivity index (χ2v) is 12.6. The second kappa shape index (κ2) is 20.2. The highest BCUT2D eigenvalue weighted by atomic mass is 16.5. The Hall–Kier alpha value is -4.74. The van der Waals surface area contributed by atoms with Crippen LogP contribution in [0, 0.1) is 11.3 Å². The van der Waals surface area contributed by atoms with Gasteiger partial charge in [-0.25, -0.2) is 14.4 Å². The quantitative estimate of drug-likeness (QED) is 0.0631. The van der Waals surface area contributed by atoms with Gasteiger partial charge >= 0.3 is 23.9 Å². The lowest BCUT2D eigenvalue weighted by molar-refractivity contribution is -0.150. The molecule has 0 amide bonds. The first kappa shape index (κ1) is 39.1. The number of esters is 4. The Morgan fingerprint density at radius 3 is 1.59 bits per heavy atom. The summed E-state index contributed by atoms with van der Waals surface area (Å²) in [6.07, 6.45) is 4.69. The fraction of sp³-hybridized carbons (Fsp3) is 0.450. The zero-order valence-corrected chi connectivity index (χ0v) is 29.7. The predicted molar refractivity (Wildman–Crippen MR) is 188 cm³/mol. The standard InChI is InChI=1S/C40H48O11/c1-4-29(3)36(41)48-24-9-8-23-47-33-16-10-31(11-17-33)38(43)51-35-20-14-32(15-21-35)39(44)50-34-18-12-30(13-19-34)37(42)49-25-7-6-22-45-26-40(5-2)27-46-28-40/h10-21,29H,4-9,22-28H2,1-3H3. The summed E-state index contributed by atoms with van der Waals surface area (Å²) in [6, 6.07) is 18.7. The third-order valence-electron chi connectivity index (χ3n) is 8.65. The molecule has 3 aromatic rings. The van der Waals surface area contributed by atoms with Crippen LogP contribution in [0.2, 0.25) is 0 Å². The molecule has 0 aromatic heterocycles. The molecule has 4 rings (SSSR count). The molecule has 1 heterocycles. The number of benzene rings is 3. The van der Waals surface area contributed by atoms with Gasteiger partial charge in [-0.15, -0.1) is 0 Å². The van der Waals surface area contributed by atoms with Gasteiger partial charge in [0.25, 0.3) is 0 Å². The van der Waals surface area contributed by atoms with Crippen molar-refractivity contribution in [3.63, 3.8) is 0 Å². The highest BCUT2D eigenvalue weighted by Crippen LogP contribution is 2.31. The predicted octanol–water partition coefficient (Wildman–Crippen LogP) is 7.25. The van der Waals surface area contributed by atoms with Crippen LogP contribution in [-0.4, -0.2) is 70.1 Å². The van der Waals surface area contributed by atoms with Crippen LogP contribution in [0.15, 0.2) is 72.8 Å². The van der Waals surface area contributed by atoms with Crippen molar-refractivity contribution < 1.29 is 52.3 Å². The van der Waals surface area contributed by atoms with Crippen molar-refractivity contribution in [2.24, 2.45) is 11.3 Å². The fourth-order valence-corrected chi connectivity index (χ4v) is 4.84. The monoisotopic (exact) mass is 704 g/mol. The molecule has 1 aliphatic heterocycles. The second-order valence-electron chi connectivity index (χ2n) is 12.6. The van der Waals surface area contributed by atoms with E-state index in [1.807, 2.05) is 13.8 Å². The van der Waals surface area contributed by atoms with Gasteiger partial charge in [-0.3, -0.25) is 4.79 Å². The molecule has 0 N–H and O–H groups in total. The van der Waals surface area contributed by atoms with Gasteiger partial charge in [-0.1, -0.05) is 20.8 Å². The molecule has 0 saturated carbocycles. The molecule has 3 aromatic carbocycles. The highest BCUT2D eigenvalue weighted by Gasteiger charge is 2.36. The van der Waals surface area contributed by atoms with Crippen molar-refractivity contribution in [3.8, 4) is 17.2 Å². The average Bonchev–Trinajstić information content (AvgIpc) is 3.13. The molecular formula is C40H48O11. The van der Waals surface area contributed by atoms with Gasteiger partial charge < -0.3 is 33.2 Å². The maximum atomic E-state index is 12.7. The summed E-state index contributed by atoms with van der Waals surface area (Å²) in [6.45, 7) is 9.86. The molecular weight excluding hydrogens is 656 g/mol. The minimum Gasteiger partial charge on any atom is -0.494 e. The molecule has 1 fully saturated rings. The van der Waals surface area contributed by atoms with Gasteiger partial charge in [-0.2, -0.15) is 0 Å². The number of unbranched alkanes of at least 4 members (excludes halogenated alkanes) is 2. The van der Waals surface area contributed by atoms with E-state index < -0.39 is 17.9 Å². The number of hydrogen-bond donors (Lipinski definition) is 0. The minimum atomic E-state index is -0.609. The third kappa shape index (κ3) is 12.5. The van der Waals surface area contributed by atoms with Crippen molar-refractivity contribution in [3.05, 3.63) is 89.5 Å². The summed E-state index contributed by atoms with van der Waals surface area (Å²) in [4.78, 5) is 49.4. The lowest BCUT2D eigenvalue weighted by Crippen LogP contribution is -2.45. The average molecular weight is 705 g/mol. The van der Waals surface area contributed by atoms with E-state index in [0.717, 1.165) is 38.9 Å². The number of rotatable bonds is 21. The summed E-state index contributed by atoms with van der Waals surface area (Å²) in [7, 11) is 0. The maximum absolute atomic E-state index is 12.7. The van der Waals surface area contributed by atoms with Gasteiger partial charge in [-0.05, 0) is 111 Å². The van der Waals surface area contributed by atoms with E-state index in [9.17, 15) is 19.2 Å². The summed E-state index contributed by atoms with van der Waals surface area (Å²) in [5, 5.41) is 0. The molecule has 1 atom stereocenters. The number of hydrogen-bond acceptors (Lipinski definition) is 11. The fourth-order valence-electron chi connectivity index (χ4n) is 4.84. The van der Waals surface area contributed by atoms with Crippen molar-refractivity contribution >= 4 is 23.9 Å². The smallest absolute Gasteiger partial charge is 0.343 e. The van der Waals surface area contributed by atoms with E-state index in [1.54, 1.807) is 24.3 Å². The first-order valence-electron chi connectivity index (χ1n) is 17.6. The summed E-state index contributed by atoms with van der Waals surface area (Å²) < 4.78 is 38.3. The molecule has 1 saturated heterocycles. The van der Waals surface area contributed by atoms with Crippen molar-refractivity contribution in [2.75, 3.05) is 46.2 Å². The number of carbonyl (C=O) groups is 4. The molecule has 0 spiro atoms. The topological polar surface area (TPSA) is 133 Å². The molecule has 0 radical (unpaired) electrons. The summed E-state index contributed by atoms with van der Waals surface area (Å²) >= 11 is 0. The Balaban J connectivity index is 1.11. The molecule has 274 valence electrons. The van der Waals surface area contributed by atoms with Gasteiger partial charge in [0.15, 0.2) is 0 Å². The van der Waals surface area contributed by atoms with E-state index in [4.69, 9.17) is 33.2 Å². The Morgan fingerprint density at radius 1 is 0.627 bits per heavy atom. The Bertz CT molecular complexity index is 1540. The highest BCUT2D eigenvalue weighted by molar-refractivity contribution is 5.93. The van der Waals surface area contributed by atoms with Crippen LogP contribution in [0.5, 0.6) is 17.2 Å².